The van der Waals surface area contributed by atoms with Crippen molar-refractivity contribution in [3.63, 3.8) is 0 Å². The van der Waals surface area contributed by atoms with Crippen LogP contribution in [0.1, 0.15) is 50.9 Å². The molecular weight excluding hydrogens is 336 g/mol. The van der Waals surface area contributed by atoms with E-state index in [0.717, 1.165) is 24.9 Å². The smallest absolute Gasteiger partial charge is 0.170 e. The molecule has 1 aliphatic carbocycles. The Kier molecular flexibility index (Phi) is 5.58. The molecule has 0 saturated carbocycles. The van der Waals surface area contributed by atoms with Gasteiger partial charge in [-0.15, -0.1) is 0 Å². The van der Waals surface area contributed by atoms with Crippen LogP contribution in [0.2, 0.25) is 0 Å². The number of nitrogens with zero attached hydrogens (tertiary/aromatic N) is 2. The summed E-state index contributed by atoms with van der Waals surface area (Å²) in [5.41, 5.74) is 4.49. The maximum Gasteiger partial charge on any atom is 0.170 e. The lowest BCUT2D eigenvalue weighted by molar-refractivity contribution is -0.158. The van der Waals surface area contributed by atoms with Gasteiger partial charge in [-0.25, -0.2) is 0 Å². The van der Waals surface area contributed by atoms with Gasteiger partial charge < -0.3 is 14.0 Å². The molecule has 1 fully saturated rings. The predicted molar refractivity (Wildman–Crippen MR) is 110 cm³/mol. The highest BCUT2D eigenvalue weighted by Crippen LogP contribution is 2.50. The number of aryl methyl sites for hydroxylation is 1. The lowest BCUT2D eigenvalue weighted by Gasteiger charge is -2.49. The summed E-state index contributed by atoms with van der Waals surface area (Å²) in [4.78, 5) is 2.66. The highest BCUT2D eigenvalue weighted by molar-refractivity contribution is 5.86. The molecule has 2 aromatic rings. The Balaban J connectivity index is 1.76. The number of para-hydroxylation sites is 1. The van der Waals surface area contributed by atoms with E-state index < -0.39 is 0 Å². The van der Waals surface area contributed by atoms with Gasteiger partial charge >= 0.3 is 0 Å². The molecular formula is C23H34N2O2. The molecule has 1 aromatic heterocycles. The monoisotopic (exact) mass is 370 g/mol. The van der Waals surface area contributed by atoms with E-state index in [9.17, 15) is 0 Å². The molecule has 1 aromatic carbocycles. The first kappa shape index (κ1) is 19.0. The quantitative estimate of drug-likeness (QED) is 0.670. The van der Waals surface area contributed by atoms with E-state index in [4.69, 9.17) is 9.47 Å². The molecule has 4 heteroatoms. The second kappa shape index (κ2) is 7.94. The number of hydrogen-bond acceptors (Lipinski definition) is 3. The van der Waals surface area contributed by atoms with Crippen molar-refractivity contribution in [1.82, 2.24) is 9.47 Å². The van der Waals surface area contributed by atoms with Gasteiger partial charge in [0.15, 0.2) is 6.29 Å². The molecule has 0 N–H and O–H groups in total. The minimum atomic E-state index is -0.130. The van der Waals surface area contributed by atoms with Crippen LogP contribution < -0.4 is 0 Å². The average molecular weight is 371 g/mol. The summed E-state index contributed by atoms with van der Waals surface area (Å²) in [7, 11) is 2.25. The Hall–Kier alpha value is -1.36. The summed E-state index contributed by atoms with van der Waals surface area (Å²) in [5, 5.41) is 1.44. The number of hydrogen-bond donors (Lipinski definition) is 0. The third-order valence-corrected chi connectivity index (χ3v) is 6.77. The number of ether oxygens (including phenoxy) is 2. The van der Waals surface area contributed by atoms with Crippen LogP contribution in [0.25, 0.3) is 10.9 Å². The standard InChI is InChI=1S/C23H34N2O2/c1-5-17-16-12-13-25(15-21(26-6-2)27-7-3)23(17)22-18-10-8-9-11-19(18)24(4)20(22)14-16/h8-11,16-17,21,23H,5-7,12-15H2,1-4H3/t16-,17+,23-/m1/s1. The van der Waals surface area contributed by atoms with Crippen molar-refractivity contribution >= 4 is 10.9 Å². The van der Waals surface area contributed by atoms with Gasteiger partial charge in [0, 0.05) is 42.9 Å². The maximum atomic E-state index is 5.90. The maximum absolute atomic E-state index is 5.90. The fourth-order valence-electron chi connectivity index (χ4n) is 5.64. The minimum Gasteiger partial charge on any atom is -0.352 e. The number of likely N-dealkylation sites (tertiary alicyclic amines) is 1. The van der Waals surface area contributed by atoms with E-state index in [-0.39, 0.29) is 6.29 Å². The molecule has 4 rings (SSSR count). The highest BCUT2D eigenvalue weighted by atomic mass is 16.7. The van der Waals surface area contributed by atoms with Crippen LogP contribution in [0.4, 0.5) is 0 Å². The molecule has 27 heavy (non-hydrogen) atoms. The second-order valence-corrected chi connectivity index (χ2v) is 8.04. The summed E-state index contributed by atoms with van der Waals surface area (Å²) in [5.74, 6) is 1.52. The van der Waals surface area contributed by atoms with Crippen LogP contribution in [-0.2, 0) is 22.9 Å². The SMILES string of the molecule is CCOC(CN1CC[C@@H]2Cc3c(c4ccccc4n3C)[C@H]1[C@H]2CC)OCC. The Morgan fingerprint density at radius 3 is 2.56 bits per heavy atom. The first-order valence-electron chi connectivity index (χ1n) is 10.7. The molecule has 2 heterocycles. The van der Waals surface area contributed by atoms with Crippen molar-refractivity contribution in [3.05, 3.63) is 35.5 Å². The lowest BCUT2D eigenvalue weighted by atomic mass is 9.68. The van der Waals surface area contributed by atoms with Crippen molar-refractivity contribution in [1.29, 1.82) is 0 Å². The van der Waals surface area contributed by atoms with E-state index in [1.54, 1.807) is 11.3 Å². The van der Waals surface area contributed by atoms with E-state index in [2.05, 4.69) is 61.6 Å². The molecule has 0 amide bonds. The number of aromatic nitrogens is 1. The van der Waals surface area contributed by atoms with Crippen molar-refractivity contribution in [2.45, 2.75) is 52.4 Å². The van der Waals surface area contributed by atoms with Crippen molar-refractivity contribution in [2.24, 2.45) is 18.9 Å². The fourth-order valence-corrected chi connectivity index (χ4v) is 5.64. The van der Waals surface area contributed by atoms with Gasteiger partial charge in [0.1, 0.15) is 0 Å². The number of benzene rings is 1. The van der Waals surface area contributed by atoms with Gasteiger partial charge in [0.25, 0.3) is 0 Å². The van der Waals surface area contributed by atoms with Crippen molar-refractivity contribution < 1.29 is 9.47 Å². The van der Waals surface area contributed by atoms with Crippen LogP contribution in [0, 0.1) is 11.8 Å². The van der Waals surface area contributed by atoms with Gasteiger partial charge in [0.2, 0.25) is 0 Å². The zero-order valence-electron chi connectivity index (χ0n) is 17.3. The summed E-state index contributed by atoms with van der Waals surface area (Å²) in [6.45, 7) is 9.87. The van der Waals surface area contributed by atoms with Gasteiger partial charge in [-0.3, -0.25) is 4.90 Å². The van der Waals surface area contributed by atoms with Crippen LogP contribution in [0.15, 0.2) is 24.3 Å². The average Bonchev–Trinajstić information content (AvgIpc) is 2.96. The van der Waals surface area contributed by atoms with Gasteiger partial charge in [-0.1, -0.05) is 31.5 Å². The van der Waals surface area contributed by atoms with Crippen LogP contribution in [-0.4, -0.2) is 42.1 Å². The Labute approximate surface area is 163 Å². The molecule has 1 aliphatic heterocycles. The summed E-state index contributed by atoms with van der Waals surface area (Å²) in [6, 6.07) is 9.41. The van der Waals surface area contributed by atoms with E-state index >= 15 is 0 Å². The lowest BCUT2D eigenvalue weighted by Crippen LogP contribution is -2.49. The molecule has 2 aliphatic rings. The zero-order valence-corrected chi connectivity index (χ0v) is 17.3. The normalized spacial score (nSPS) is 25.3. The van der Waals surface area contributed by atoms with E-state index in [1.165, 1.54) is 30.2 Å². The van der Waals surface area contributed by atoms with Crippen molar-refractivity contribution in [3.8, 4) is 0 Å². The van der Waals surface area contributed by atoms with Crippen LogP contribution >= 0.6 is 0 Å². The number of fused-ring (bicyclic) bond motifs is 6. The first-order chi connectivity index (χ1) is 13.2. The third-order valence-electron chi connectivity index (χ3n) is 6.77. The van der Waals surface area contributed by atoms with E-state index in [1.807, 2.05) is 0 Å². The molecule has 3 atom stereocenters. The fraction of sp³-hybridized carbons (Fsp3) is 0.652. The highest BCUT2D eigenvalue weighted by Gasteiger charge is 2.45. The van der Waals surface area contributed by atoms with Gasteiger partial charge in [-0.2, -0.15) is 0 Å². The molecule has 0 spiro atoms. The molecule has 1 saturated heterocycles. The summed E-state index contributed by atoms with van der Waals surface area (Å²) in [6.07, 6.45) is 3.61. The van der Waals surface area contributed by atoms with Crippen LogP contribution in [0.5, 0.6) is 0 Å². The summed E-state index contributed by atoms with van der Waals surface area (Å²) < 4.78 is 14.3. The van der Waals surface area contributed by atoms with Crippen molar-refractivity contribution in [2.75, 3.05) is 26.3 Å². The Morgan fingerprint density at radius 1 is 1.11 bits per heavy atom. The zero-order chi connectivity index (χ0) is 19.0. The summed E-state index contributed by atoms with van der Waals surface area (Å²) >= 11 is 0. The molecule has 0 unspecified atom stereocenters. The predicted octanol–water partition coefficient (Wildman–Crippen LogP) is 4.52. The second-order valence-electron chi connectivity index (χ2n) is 8.04. The minimum absolute atomic E-state index is 0.130. The third kappa shape index (κ3) is 3.22. The van der Waals surface area contributed by atoms with Gasteiger partial charge in [-0.05, 0) is 56.7 Å². The largest absolute Gasteiger partial charge is 0.352 e. The molecule has 2 bridgehead atoms. The topological polar surface area (TPSA) is 26.6 Å². The van der Waals surface area contributed by atoms with Crippen LogP contribution in [0.3, 0.4) is 0 Å². The van der Waals surface area contributed by atoms with E-state index in [0.29, 0.717) is 19.3 Å². The number of piperidine rings is 1. The number of rotatable bonds is 7. The van der Waals surface area contributed by atoms with Gasteiger partial charge in [0.05, 0.1) is 6.54 Å². The Morgan fingerprint density at radius 2 is 1.85 bits per heavy atom. The molecule has 148 valence electrons. The Bertz CT molecular complexity index is 778. The molecule has 0 radical (unpaired) electrons. The first-order valence-corrected chi connectivity index (χ1v) is 10.7. The molecule has 4 nitrogen and oxygen atoms in total.